The number of rotatable bonds is 1. The van der Waals surface area contributed by atoms with E-state index in [-0.39, 0.29) is 11.5 Å². The van der Waals surface area contributed by atoms with Gasteiger partial charge in [-0.2, -0.15) is 0 Å². The van der Waals surface area contributed by atoms with Crippen molar-refractivity contribution in [1.29, 1.82) is 0 Å². The Hall–Kier alpha value is -0.800. The van der Waals surface area contributed by atoms with Crippen LogP contribution in [-0.2, 0) is 4.74 Å². The Labute approximate surface area is 115 Å². The quantitative estimate of drug-likeness (QED) is 0.788. The summed E-state index contributed by atoms with van der Waals surface area (Å²) in [5, 5.41) is 0. The molecule has 1 aliphatic carbocycles. The summed E-state index contributed by atoms with van der Waals surface area (Å²) in [6, 6.07) is 6.19. The summed E-state index contributed by atoms with van der Waals surface area (Å²) in [6.07, 6.45) is 2.84. The van der Waals surface area contributed by atoms with E-state index in [2.05, 4.69) is 28.6 Å². The highest BCUT2D eigenvalue weighted by Gasteiger charge is 2.57. The molecule has 1 aromatic rings. The van der Waals surface area contributed by atoms with Gasteiger partial charge in [0.1, 0.15) is 11.9 Å². The predicted octanol–water partition coefficient (Wildman–Crippen LogP) is 3.65. The molecule has 2 nitrogen and oxygen atoms in total. The van der Waals surface area contributed by atoms with Crippen LogP contribution in [0.3, 0.4) is 0 Å². The first-order valence-corrected chi connectivity index (χ1v) is 7.24. The molecular formula is C15H15BrO2. The maximum absolute atomic E-state index is 6.28. The van der Waals surface area contributed by atoms with Crippen LogP contribution in [-0.4, -0.2) is 19.3 Å². The monoisotopic (exact) mass is 306 g/mol. The molecule has 1 spiro atoms. The molecule has 0 aromatic heterocycles. The van der Waals surface area contributed by atoms with E-state index in [1.54, 1.807) is 0 Å². The number of benzene rings is 1. The fraction of sp³-hybridized carbons (Fsp3) is 0.467. The zero-order valence-electron chi connectivity index (χ0n) is 10.1. The number of hydrogen-bond acceptors (Lipinski definition) is 2. The van der Waals surface area contributed by atoms with Crippen molar-refractivity contribution in [2.75, 3.05) is 13.2 Å². The standard InChI is InChI=1S/C15H15BrO2/c1-9-12-6-11(16)4-5-13(12)18-14(10-2-3-10)15(9)7-17-8-15/h4-6,10,14H,1-3,7-8H2. The van der Waals surface area contributed by atoms with Gasteiger partial charge < -0.3 is 9.47 Å². The van der Waals surface area contributed by atoms with Gasteiger partial charge >= 0.3 is 0 Å². The average Bonchev–Trinajstić information content (AvgIpc) is 3.11. The molecule has 2 fully saturated rings. The summed E-state index contributed by atoms with van der Waals surface area (Å²) < 4.78 is 12.8. The maximum atomic E-state index is 6.28. The van der Waals surface area contributed by atoms with Crippen LogP contribution in [0.4, 0.5) is 0 Å². The normalized spacial score (nSPS) is 28.5. The van der Waals surface area contributed by atoms with Crippen molar-refractivity contribution in [2.45, 2.75) is 18.9 Å². The summed E-state index contributed by atoms with van der Waals surface area (Å²) in [7, 11) is 0. The third kappa shape index (κ3) is 1.38. The molecule has 1 aromatic carbocycles. The zero-order chi connectivity index (χ0) is 12.3. The molecule has 18 heavy (non-hydrogen) atoms. The molecule has 1 saturated carbocycles. The molecule has 0 radical (unpaired) electrons. The molecule has 4 rings (SSSR count). The highest BCUT2D eigenvalue weighted by atomic mass is 79.9. The Bertz CT molecular complexity index is 529. The van der Waals surface area contributed by atoms with Crippen LogP contribution in [0.2, 0.25) is 0 Å². The molecule has 94 valence electrons. The Balaban J connectivity index is 1.83. The van der Waals surface area contributed by atoms with E-state index in [0.717, 1.165) is 29.0 Å². The van der Waals surface area contributed by atoms with Crippen LogP contribution >= 0.6 is 15.9 Å². The van der Waals surface area contributed by atoms with Gasteiger partial charge in [-0.3, -0.25) is 0 Å². The minimum absolute atomic E-state index is 0.0367. The van der Waals surface area contributed by atoms with E-state index in [9.17, 15) is 0 Å². The van der Waals surface area contributed by atoms with Crippen LogP contribution in [0.1, 0.15) is 18.4 Å². The van der Waals surface area contributed by atoms with E-state index in [4.69, 9.17) is 9.47 Å². The fourth-order valence-electron chi connectivity index (χ4n) is 3.14. The van der Waals surface area contributed by atoms with Gasteiger partial charge in [-0.15, -0.1) is 0 Å². The first-order valence-electron chi connectivity index (χ1n) is 6.44. The number of hydrogen-bond donors (Lipinski definition) is 0. The molecule has 0 N–H and O–H groups in total. The predicted molar refractivity (Wildman–Crippen MR) is 73.6 cm³/mol. The molecule has 2 aliphatic heterocycles. The van der Waals surface area contributed by atoms with E-state index in [1.807, 2.05) is 12.1 Å². The molecule has 0 amide bonds. The van der Waals surface area contributed by atoms with Crippen molar-refractivity contribution in [3.63, 3.8) is 0 Å². The van der Waals surface area contributed by atoms with Crippen molar-refractivity contribution >= 4 is 21.5 Å². The van der Waals surface area contributed by atoms with Crippen molar-refractivity contribution in [2.24, 2.45) is 11.3 Å². The average molecular weight is 307 g/mol. The van der Waals surface area contributed by atoms with Gasteiger partial charge in [-0.05, 0) is 42.5 Å². The lowest BCUT2D eigenvalue weighted by Crippen LogP contribution is -2.56. The van der Waals surface area contributed by atoms with Crippen LogP contribution in [0, 0.1) is 11.3 Å². The summed E-state index contributed by atoms with van der Waals surface area (Å²) in [6.45, 7) is 5.88. The smallest absolute Gasteiger partial charge is 0.127 e. The first kappa shape index (κ1) is 11.1. The van der Waals surface area contributed by atoms with Crippen LogP contribution in [0.15, 0.2) is 29.3 Å². The van der Waals surface area contributed by atoms with Crippen LogP contribution in [0.5, 0.6) is 5.75 Å². The Morgan fingerprint density at radius 1 is 1.28 bits per heavy atom. The van der Waals surface area contributed by atoms with Crippen molar-refractivity contribution in [3.05, 3.63) is 34.8 Å². The van der Waals surface area contributed by atoms with Gasteiger partial charge in [0, 0.05) is 10.0 Å². The third-order valence-corrected chi connectivity index (χ3v) is 4.93. The number of fused-ring (bicyclic) bond motifs is 1. The highest BCUT2D eigenvalue weighted by molar-refractivity contribution is 9.10. The van der Waals surface area contributed by atoms with Gasteiger partial charge in [0.25, 0.3) is 0 Å². The number of halogens is 1. The lowest BCUT2D eigenvalue weighted by molar-refractivity contribution is -0.137. The summed E-state index contributed by atoms with van der Waals surface area (Å²) in [5.74, 6) is 1.68. The Morgan fingerprint density at radius 3 is 2.67 bits per heavy atom. The van der Waals surface area contributed by atoms with Gasteiger partial charge in [-0.1, -0.05) is 22.5 Å². The molecule has 3 heteroatoms. The number of ether oxygens (including phenoxy) is 2. The van der Waals surface area contributed by atoms with E-state index in [0.29, 0.717) is 5.92 Å². The van der Waals surface area contributed by atoms with Crippen LogP contribution < -0.4 is 4.74 Å². The summed E-state index contributed by atoms with van der Waals surface area (Å²) in [4.78, 5) is 0. The first-order chi connectivity index (χ1) is 8.71. The van der Waals surface area contributed by atoms with Gasteiger partial charge in [0.05, 0.1) is 18.6 Å². The second-order valence-electron chi connectivity index (χ2n) is 5.64. The van der Waals surface area contributed by atoms with Crippen molar-refractivity contribution < 1.29 is 9.47 Å². The van der Waals surface area contributed by atoms with Gasteiger partial charge in [0.15, 0.2) is 0 Å². The maximum Gasteiger partial charge on any atom is 0.127 e. The third-order valence-electron chi connectivity index (χ3n) is 4.44. The molecule has 0 bridgehead atoms. The van der Waals surface area contributed by atoms with E-state index in [1.165, 1.54) is 18.4 Å². The minimum Gasteiger partial charge on any atom is -0.488 e. The van der Waals surface area contributed by atoms with Gasteiger partial charge in [-0.25, -0.2) is 0 Å². The highest BCUT2D eigenvalue weighted by Crippen LogP contribution is 2.56. The largest absolute Gasteiger partial charge is 0.488 e. The van der Waals surface area contributed by atoms with Gasteiger partial charge in [0.2, 0.25) is 0 Å². The molecule has 2 heterocycles. The molecule has 1 saturated heterocycles. The lowest BCUT2D eigenvalue weighted by Gasteiger charge is -2.51. The Kier molecular flexibility index (Phi) is 2.22. The van der Waals surface area contributed by atoms with E-state index < -0.39 is 0 Å². The molecule has 1 atom stereocenters. The second kappa shape index (κ2) is 3.61. The van der Waals surface area contributed by atoms with Crippen molar-refractivity contribution in [3.8, 4) is 5.75 Å². The minimum atomic E-state index is 0.0367. The Morgan fingerprint density at radius 2 is 2.06 bits per heavy atom. The molecular weight excluding hydrogens is 292 g/mol. The summed E-state index contributed by atoms with van der Waals surface area (Å²) >= 11 is 3.52. The SMILES string of the molecule is C=C1c2cc(Br)ccc2OC(C2CC2)C12COC2. The second-order valence-corrected chi connectivity index (χ2v) is 6.56. The van der Waals surface area contributed by atoms with E-state index >= 15 is 0 Å². The van der Waals surface area contributed by atoms with Crippen molar-refractivity contribution in [1.82, 2.24) is 0 Å². The van der Waals surface area contributed by atoms with Crippen LogP contribution in [0.25, 0.3) is 5.57 Å². The lowest BCUT2D eigenvalue weighted by atomic mass is 9.68. The zero-order valence-corrected chi connectivity index (χ0v) is 11.7. The molecule has 1 unspecified atom stereocenters. The topological polar surface area (TPSA) is 18.5 Å². The molecule has 3 aliphatic rings. The fourth-order valence-corrected chi connectivity index (χ4v) is 3.50. The summed E-state index contributed by atoms with van der Waals surface area (Å²) in [5.41, 5.74) is 2.38.